The number of hydrogen-bond acceptors (Lipinski definition) is 1. The van der Waals surface area contributed by atoms with Crippen molar-refractivity contribution in [2.24, 2.45) is 5.92 Å². The fourth-order valence-electron chi connectivity index (χ4n) is 1.77. The van der Waals surface area contributed by atoms with Gasteiger partial charge in [0.2, 0.25) is 0 Å². The molecule has 0 saturated heterocycles. The Morgan fingerprint density at radius 2 is 2.13 bits per heavy atom. The van der Waals surface area contributed by atoms with Crippen LogP contribution in [0.2, 0.25) is 0 Å². The third kappa shape index (κ3) is 2.20. The van der Waals surface area contributed by atoms with Gasteiger partial charge in [-0.25, -0.2) is 4.98 Å². The van der Waals surface area contributed by atoms with Crippen molar-refractivity contribution < 1.29 is 0 Å². The van der Waals surface area contributed by atoms with Crippen LogP contribution in [0.3, 0.4) is 0 Å². The second-order valence-electron chi connectivity index (χ2n) is 4.59. The Hall–Kier alpha value is -1.31. The molecule has 2 aromatic rings. The molecule has 0 amide bonds. The molecule has 15 heavy (non-hydrogen) atoms. The molecule has 0 aliphatic carbocycles. The molecule has 0 aliphatic heterocycles. The van der Waals surface area contributed by atoms with E-state index in [2.05, 4.69) is 48.9 Å². The van der Waals surface area contributed by atoms with E-state index in [0.717, 1.165) is 29.2 Å². The number of nitrogens with zero attached hydrogens (tertiary/aromatic N) is 1. The molecule has 2 heteroatoms. The monoisotopic (exact) mass is 202 g/mol. The third-order valence-corrected chi connectivity index (χ3v) is 2.72. The summed E-state index contributed by atoms with van der Waals surface area (Å²) in [4.78, 5) is 8.01. The molecule has 0 aliphatic rings. The Bertz CT molecular complexity index is 455. The number of aromatic nitrogens is 2. The van der Waals surface area contributed by atoms with Crippen molar-refractivity contribution >= 4 is 11.0 Å². The Labute approximate surface area is 90.7 Å². The maximum absolute atomic E-state index is 4.63. The summed E-state index contributed by atoms with van der Waals surface area (Å²) in [6.07, 6.45) is 2.24. The molecule has 0 atom stereocenters. The first kappa shape index (κ1) is 10.2. The van der Waals surface area contributed by atoms with E-state index < -0.39 is 0 Å². The highest BCUT2D eigenvalue weighted by molar-refractivity contribution is 5.78. The number of hydrogen-bond donors (Lipinski definition) is 1. The highest BCUT2D eigenvalue weighted by Crippen LogP contribution is 2.16. The average Bonchev–Trinajstić information content (AvgIpc) is 2.59. The van der Waals surface area contributed by atoms with Gasteiger partial charge in [0.15, 0.2) is 0 Å². The van der Waals surface area contributed by atoms with Crippen LogP contribution in [0.1, 0.15) is 31.7 Å². The lowest BCUT2D eigenvalue weighted by atomic mass is 10.1. The number of nitrogens with one attached hydrogen (secondary N) is 1. The van der Waals surface area contributed by atoms with Gasteiger partial charge in [-0.3, -0.25) is 0 Å². The van der Waals surface area contributed by atoms with Crippen molar-refractivity contribution in [1.29, 1.82) is 0 Å². The van der Waals surface area contributed by atoms with Crippen molar-refractivity contribution in [3.8, 4) is 0 Å². The van der Waals surface area contributed by atoms with Gasteiger partial charge in [-0.2, -0.15) is 0 Å². The van der Waals surface area contributed by atoms with Gasteiger partial charge in [-0.1, -0.05) is 26.0 Å². The van der Waals surface area contributed by atoms with Gasteiger partial charge >= 0.3 is 0 Å². The van der Waals surface area contributed by atoms with Crippen molar-refractivity contribution in [3.63, 3.8) is 0 Å². The largest absolute Gasteiger partial charge is 0.342 e. The highest BCUT2D eigenvalue weighted by atomic mass is 14.9. The SMILES string of the molecule is Cc1cccc2[nH]c(CCC(C)C)nc12. The van der Waals surface area contributed by atoms with E-state index >= 15 is 0 Å². The number of imidazole rings is 1. The number of aryl methyl sites for hydroxylation is 2. The van der Waals surface area contributed by atoms with E-state index in [1.54, 1.807) is 0 Å². The lowest BCUT2D eigenvalue weighted by Gasteiger charge is -2.00. The number of rotatable bonds is 3. The zero-order valence-electron chi connectivity index (χ0n) is 9.67. The maximum atomic E-state index is 4.63. The minimum absolute atomic E-state index is 0.735. The fourth-order valence-corrected chi connectivity index (χ4v) is 1.77. The van der Waals surface area contributed by atoms with Gasteiger partial charge < -0.3 is 4.98 Å². The van der Waals surface area contributed by atoms with Crippen LogP contribution < -0.4 is 0 Å². The molecule has 1 heterocycles. The van der Waals surface area contributed by atoms with Crippen LogP contribution in [0.15, 0.2) is 18.2 Å². The molecule has 1 aromatic carbocycles. The summed E-state index contributed by atoms with van der Waals surface area (Å²) in [5.41, 5.74) is 3.53. The molecule has 0 bridgehead atoms. The Kier molecular flexibility index (Phi) is 2.76. The van der Waals surface area contributed by atoms with E-state index in [1.165, 1.54) is 12.0 Å². The van der Waals surface area contributed by atoms with Crippen LogP contribution in [0.25, 0.3) is 11.0 Å². The first-order chi connectivity index (χ1) is 7.16. The predicted octanol–water partition coefficient (Wildman–Crippen LogP) is 3.46. The van der Waals surface area contributed by atoms with E-state index in [1.807, 2.05) is 0 Å². The molecular formula is C13H18N2. The summed E-state index contributed by atoms with van der Waals surface area (Å²) in [7, 11) is 0. The number of aromatic amines is 1. The summed E-state index contributed by atoms with van der Waals surface area (Å²) in [5.74, 6) is 1.85. The lowest BCUT2D eigenvalue weighted by molar-refractivity contribution is 0.577. The smallest absolute Gasteiger partial charge is 0.107 e. The highest BCUT2D eigenvalue weighted by Gasteiger charge is 2.05. The molecule has 0 fully saturated rings. The summed E-state index contributed by atoms with van der Waals surface area (Å²) in [6, 6.07) is 6.27. The van der Waals surface area contributed by atoms with Crippen LogP contribution in [0, 0.1) is 12.8 Å². The Morgan fingerprint density at radius 3 is 2.80 bits per heavy atom. The number of para-hydroxylation sites is 1. The van der Waals surface area contributed by atoms with Crippen LogP contribution in [0.5, 0.6) is 0 Å². The summed E-state index contributed by atoms with van der Waals surface area (Å²) < 4.78 is 0. The van der Waals surface area contributed by atoms with Crippen LogP contribution >= 0.6 is 0 Å². The maximum Gasteiger partial charge on any atom is 0.107 e. The van der Waals surface area contributed by atoms with Crippen molar-refractivity contribution in [2.45, 2.75) is 33.6 Å². The summed E-state index contributed by atoms with van der Waals surface area (Å²) >= 11 is 0. The second-order valence-corrected chi connectivity index (χ2v) is 4.59. The van der Waals surface area contributed by atoms with Crippen molar-refractivity contribution in [2.75, 3.05) is 0 Å². The Morgan fingerprint density at radius 1 is 1.33 bits per heavy atom. The first-order valence-electron chi connectivity index (χ1n) is 5.61. The molecule has 0 saturated carbocycles. The zero-order chi connectivity index (χ0) is 10.8. The standard InChI is InChI=1S/C13H18N2/c1-9(2)7-8-12-14-11-6-4-5-10(3)13(11)15-12/h4-6,9H,7-8H2,1-3H3,(H,14,15). The molecule has 80 valence electrons. The molecule has 0 spiro atoms. The molecule has 1 aromatic heterocycles. The fraction of sp³-hybridized carbons (Fsp3) is 0.462. The van der Waals surface area contributed by atoms with E-state index in [-0.39, 0.29) is 0 Å². The first-order valence-corrected chi connectivity index (χ1v) is 5.61. The number of H-pyrrole nitrogens is 1. The van der Waals surface area contributed by atoms with Gasteiger partial charge in [-0.15, -0.1) is 0 Å². The second kappa shape index (κ2) is 4.05. The van der Waals surface area contributed by atoms with Crippen LogP contribution in [0.4, 0.5) is 0 Å². The quantitative estimate of drug-likeness (QED) is 0.811. The van der Waals surface area contributed by atoms with E-state index in [0.29, 0.717) is 0 Å². The van der Waals surface area contributed by atoms with E-state index in [9.17, 15) is 0 Å². The number of fused-ring (bicyclic) bond motifs is 1. The topological polar surface area (TPSA) is 28.7 Å². The molecule has 2 nitrogen and oxygen atoms in total. The van der Waals surface area contributed by atoms with Gasteiger partial charge in [-0.05, 0) is 30.9 Å². The van der Waals surface area contributed by atoms with Gasteiger partial charge in [0.05, 0.1) is 11.0 Å². The minimum Gasteiger partial charge on any atom is -0.342 e. The summed E-state index contributed by atoms with van der Waals surface area (Å²) in [6.45, 7) is 6.59. The molecule has 0 radical (unpaired) electrons. The normalized spacial score (nSPS) is 11.5. The number of benzene rings is 1. The summed E-state index contributed by atoms with van der Waals surface area (Å²) in [5, 5.41) is 0. The minimum atomic E-state index is 0.735. The molecular weight excluding hydrogens is 184 g/mol. The average molecular weight is 202 g/mol. The van der Waals surface area contributed by atoms with Gasteiger partial charge in [0.1, 0.15) is 5.82 Å². The molecule has 0 unspecified atom stereocenters. The molecule has 2 rings (SSSR count). The Balaban J connectivity index is 2.27. The van der Waals surface area contributed by atoms with E-state index in [4.69, 9.17) is 0 Å². The van der Waals surface area contributed by atoms with Crippen molar-refractivity contribution in [1.82, 2.24) is 9.97 Å². The van der Waals surface area contributed by atoms with Crippen LogP contribution in [-0.2, 0) is 6.42 Å². The zero-order valence-corrected chi connectivity index (χ0v) is 9.67. The molecule has 1 N–H and O–H groups in total. The third-order valence-electron chi connectivity index (χ3n) is 2.72. The predicted molar refractivity (Wildman–Crippen MR) is 64.0 cm³/mol. The van der Waals surface area contributed by atoms with Crippen molar-refractivity contribution in [3.05, 3.63) is 29.6 Å². The van der Waals surface area contributed by atoms with Crippen LogP contribution in [-0.4, -0.2) is 9.97 Å². The van der Waals surface area contributed by atoms with Gasteiger partial charge in [0.25, 0.3) is 0 Å². The van der Waals surface area contributed by atoms with Gasteiger partial charge in [0, 0.05) is 6.42 Å². The lowest BCUT2D eigenvalue weighted by Crippen LogP contribution is -1.93.